The molecule has 0 saturated heterocycles. The van der Waals surface area contributed by atoms with Crippen molar-refractivity contribution in [3.8, 4) is 0 Å². The standard InChI is InChI=1S/C14H21N3O2/c1-15-8-7-13(18)16-10-11-5-4-6-12(9-11)14(19)17(2)3/h4-6,9,15H,7-8,10H2,1-3H3,(H,16,18). The third-order valence-electron chi connectivity index (χ3n) is 2.67. The zero-order valence-corrected chi connectivity index (χ0v) is 11.7. The fraction of sp³-hybridized carbons (Fsp3) is 0.429. The van der Waals surface area contributed by atoms with E-state index in [0.717, 1.165) is 5.56 Å². The number of hydrogen-bond acceptors (Lipinski definition) is 3. The fourth-order valence-corrected chi connectivity index (χ4v) is 1.60. The molecule has 0 aliphatic heterocycles. The third-order valence-corrected chi connectivity index (χ3v) is 2.67. The Morgan fingerprint density at radius 3 is 2.63 bits per heavy atom. The summed E-state index contributed by atoms with van der Waals surface area (Å²) >= 11 is 0. The molecule has 0 radical (unpaired) electrons. The molecule has 0 spiro atoms. The second-order valence-electron chi connectivity index (χ2n) is 4.53. The Bertz CT molecular complexity index is 444. The molecule has 5 heteroatoms. The van der Waals surface area contributed by atoms with E-state index in [1.807, 2.05) is 19.2 Å². The van der Waals surface area contributed by atoms with Gasteiger partial charge in [0.1, 0.15) is 0 Å². The average Bonchev–Trinajstić information content (AvgIpc) is 2.42. The van der Waals surface area contributed by atoms with Crippen molar-refractivity contribution < 1.29 is 9.59 Å². The normalized spacial score (nSPS) is 10.1. The SMILES string of the molecule is CNCCC(=O)NCc1cccc(C(=O)N(C)C)c1. The minimum absolute atomic E-state index is 0.00121. The summed E-state index contributed by atoms with van der Waals surface area (Å²) in [6, 6.07) is 7.30. The summed E-state index contributed by atoms with van der Waals surface area (Å²) in [5, 5.41) is 5.75. The van der Waals surface area contributed by atoms with Crippen LogP contribution in [0.2, 0.25) is 0 Å². The van der Waals surface area contributed by atoms with Gasteiger partial charge in [0.2, 0.25) is 5.91 Å². The van der Waals surface area contributed by atoms with Crippen molar-refractivity contribution >= 4 is 11.8 Å². The minimum atomic E-state index is -0.0386. The first-order valence-electron chi connectivity index (χ1n) is 6.26. The number of carbonyl (C=O) groups excluding carboxylic acids is 2. The van der Waals surface area contributed by atoms with E-state index in [1.54, 1.807) is 26.2 Å². The molecule has 0 saturated carbocycles. The van der Waals surface area contributed by atoms with Crippen molar-refractivity contribution in [3.05, 3.63) is 35.4 Å². The van der Waals surface area contributed by atoms with Crippen LogP contribution in [0.1, 0.15) is 22.3 Å². The number of amides is 2. The largest absolute Gasteiger partial charge is 0.352 e. The molecule has 0 aliphatic carbocycles. The smallest absolute Gasteiger partial charge is 0.253 e. The molecular weight excluding hydrogens is 242 g/mol. The predicted molar refractivity (Wildman–Crippen MR) is 74.8 cm³/mol. The lowest BCUT2D eigenvalue weighted by Gasteiger charge is -2.11. The number of nitrogens with one attached hydrogen (secondary N) is 2. The zero-order chi connectivity index (χ0) is 14.3. The van der Waals surface area contributed by atoms with Crippen molar-refractivity contribution in [2.75, 3.05) is 27.7 Å². The Kier molecular flexibility index (Phi) is 6.02. The lowest BCUT2D eigenvalue weighted by molar-refractivity contribution is -0.121. The van der Waals surface area contributed by atoms with E-state index in [1.165, 1.54) is 4.90 Å². The lowest BCUT2D eigenvalue weighted by Crippen LogP contribution is -2.26. The van der Waals surface area contributed by atoms with E-state index in [-0.39, 0.29) is 11.8 Å². The molecule has 1 rings (SSSR count). The molecule has 2 N–H and O–H groups in total. The molecule has 0 fully saturated rings. The highest BCUT2D eigenvalue weighted by Gasteiger charge is 2.08. The molecule has 0 bridgehead atoms. The molecule has 0 unspecified atom stereocenters. The quantitative estimate of drug-likeness (QED) is 0.790. The molecule has 0 aromatic heterocycles. The number of rotatable bonds is 6. The summed E-state index contributed by atoms with van der Waals surface area (Å²) in [5.41, 5.74) is 1.55. The zero-order valence-electron chi connectivity index (χ0n) is 11.7. The number of benzene rings is 1. The van der Waals surface area contributed by atoms with Crippen molar-refractivity contribution in [2.24, 2.45) is 0 Å². The highest BCUT2D eigenvalue weighted by molar-refractivity contribution is 5.94. The minimum Gasteiger partial charge on any atom is -0.352 e. The summed E-state index contributed by atoms with van der Waals surface area (Å²) in [6.07, 6.45) is 0.451. The molecule has 0 aliphatic rings. The fourth-order valence-electron chi connectivity index (χ4n) is 1.60. The molecule has 19 heavy (non-hydrogen) atoms. The van der Waals surface area contributed by atoms with E-state index in [0.29, 0.717) is 25.1 Å². The molecule has 1 aromatic rings. The monoisotopic (exact) mass is 263 g/mol. The van der Waals surface area contributed by atoms with Gasteiger partial charge in [-0.2, -0.15) is 0 Å². The Balaban J connectivity index is 2.58. The van der Waals surface area contributed by atoms with Crippen LogP contribution in [-0.4, -0.2) is 44.4 Å². The van der Waals surface area contributed by atoms with Gasteiger partial charge in [-0.15, -0.1) is 0 Å². The van der Waals surface area contributed by atoms with Crippen LogP contribution in [0.3, 0.4) is 0 Å². The van der Waals surface area contributed by atoms with E-state index >= 15 is 0 Å². The number of hydrogen-bond donors (Lipinski definition) is 2. The molecular formula is C14H21N3O2. The van der Waals surface area contributed by atoms with E-state index in [4.69, 9.17) is 0 Å². The van der Waals surface area contributed by atoms with Crippen molar-refractivity contribution in [1.82, 2.24) is 15.5 Å². The van der Waals surface area contributed by atoms with Crippen LogP contribution in [-0.2, 0) is 11.3 Å². The average molecular weight is 263 g/mol. The first kappa shape index (κ1) is 15.2. The first-order chi connectivity index (χ1) is 9.04. The van der Waals surface area contributed by atoms with E-state index < -0.39 is 0 Å². The molecule has 0 heterocycles. The van der Waals surface area contributed by atoms with E-state index in [9.17, 15) is 9.59 Å². The van der Waals surface area contributed by atoms with Gasteiger partial charge in [0.05, 0.1) is 0 Å². The van der Waals surface area contributed by atoms with Crippen LogP contribution in [0.15, 0.2) is 24.3 Å². The molecule has 5 nitrogen and oxygen atoms in total. The van der Waals surface area contributed by atoms with Crippen LogP contribution < -0.4 is 10.6 Å². The van der Waals surface area contributed by atoms with Gasteiger partial charge in [-0.3, -0.25) is 9.59 Å². The summed E-state index contributed by atoms with van der Waals surface area (Å²) in [6.45, 7) is 1.10. The second kappa shape index (κ2) is 7.53. The van der Waals surface area contributed by atoms with Gasteiger partial charge in [-0.25, -0.2) is 0 Å². The topological polar surface area (TPSA) is 61.4 Å². The highest BCUT2D eigenvalue weighted by Crippen LogP contribution is 2.07. The Labute approximate surface area is 114 Å². The maximum absolute atomic E-state index is 11.8. The number of carbonyl (C=O) groups is 2. The number of nitrogens with zero attached hydrogens (tertiary/aromatic N) is 1. The molecule has 1 aromatic carbocycles. The van der Waals surface area contributed by atoms with Gasteiger partial charge < -0.3 is 15.5 Å². The predicted octanol–water partition coefficient (Wildman–Crippen LogP) is 0.614. The van der Waals surface area contributed by atoms with Crippen molar-refractivity contribution in [2.45, 2.75) is 13.0 Å². The van der Waals surface area contributed by atoms with Crippen LogP contribution >= 0.6 is 0 Å². The van der Waals surface area contributed by atoms with E-state index in [2.05, 4.69) is 10.6 Å². The summed E-state index contributed by atoms with van der Waals surface area (Å²) < 4.78 is 0. The van der Waals surface area contributed by atoms with Gasteiger partial charge in [-0.1, -0.05) is 12.1 Å². The van der Waals surface area contributed by atoms with Gasteiger partial charge in [0.25, 0.3) is 5.91 Å². The molecule has 2 amide bonds. The van der Waals surface area contributed by atoms with Crippen molar-refractivity contribution in [3.63, 3.8) is 0 Å². The van der Waals surface area contributed by atoms with Crippen LogP contribution in [0.4, 0.5) is 0 Å². The van der Waals surface area contributed by atoms with Gasteiger partial charge in [0, 0.05) is 39.2 Å². The van der Waals surface area contributed by atoms with Crippen LogP contribution in [0, 0.1) is 0 Å². The second-order valence-corrected chi connectivity index (χ2v) is 4.53. The summed E-state index contributed by atoms with van der Waals surface area (Å²) in [4.78, 5) is 24.8. The van der Waals surface area contributed by atoms with Crippen molar-refractivity contribution in [1.29, 1.82) is 0 Å². The molecule has 0 atom stereocenters. The Morgan fingerprint density at radius 1 is 1.26 bits per heavy atom. The Morgan fingerprint density at radius 2 is 2.00 bits per heavy atom. The van der Waals surface area contributed by atoms with Gasteiger partial charge >= 0.3 is 0 Å². The summed E-state index contributed by atoms with van der Waals surface area (Å²) in [5.74, 6) is -0.0398. The lowest BCUT2D eigenvalue weighted by atomic mass is 10.1. The highest BCUT2D eigenvalue weighted by atomic mass is 16.2. The van der Waals surface area contributed by atoms with Crippen LogP contribution in [0.25, 0.3) is 0 Å². The third kappa shape index (κ3) is 5.09. The maximum Gasteiger partial charge on any atom is 0.253 e. The van der Waals surface area contributed by atoms with Gasteiger partial charge in [-0.05, 0) is 24.7 Å². The summed E-state index contributed by atoms with van der Waals surface area (Å²) in [7, 11) is 5.24. The maximum atomic E-state index is 11.8. The Hall–Kier alpha value is -1.88. The molecule has 104 valence electrons. The van der Waals surface area contributed by atoms with Crippen LogP contribution in [0.5, 0.6) is 0 Å². The van der Waals surface area contributed by atoms with Gasteiger partial charge in [0.15, 0.2) is 0 Å². The first-order valence-corrected chi connectivity index (χ1v) is 6.26.